The number of carbonyl (C=O) groups excluding carboxylic acids is 1. The van der Waals surface area contributed by atoms with E-state index in [-0.39, 0.29) is 17.5 Å². The maximum atomic E-state index is 12.0. The van der Waals surface area contributed by atoms with Gasteiger partial charge in [-0.3, -0.25) is 4.79 Å². The minimum atomic E-state index is -0.0703. The van der Waals surface area contributed by atoms with Gasteiger partial charge in [-0.05, 0) is 56.4 Å². The Morgan fingerprint density at radius 1 is 1.00 bits per heavy atom. The lowest BCUT2D eigenvalue weighted by Gasteiger charge is -2.40. The molecule has 9 nitrogen and oxygen atoms in total. The van der Waals surface area contributed by atoms with E-state index < -0.39 is 0 Å². The van der Waals surface area contributed by atoms with E-state index in [0.717, 1.165) is 84.1 Å². The molecular formula is C31H34N6O3. The van der Waals surface area contributed by atoms with E-state index in [9.17, 15) is 4.79 Å². The van der Waals surface area contributed by atoms with Crippen LogP contribution in [0.25, 0.3) is 22.0 Å². The predicted octanol–water partition coefficient (Wildman–Crippen LogP) is 4.73. The second-order valence-electron chi connectivity index (χ2n) is 11.3. The average molecular weight is 539 g/mol. The summed E-state index contributed by atoms with van der Waals surface area (Å²) in [5.74, 6) is 2.63. The van der Waals surface area contributed by atoms with Crippen LogP contribution in [0.1, 0.15) is 48.7 Å². The first kappa shape index (κ1) is 25.0. The van der Waals surface area contributed by atoms with Crippen LogP contribution in [-0.4, -0.2) is 59.4 Å². The summed E-state index contributed by atoms with van der Waals surface area (Å²) in [6, 6.07) is 16.9. The molecule has 3 aliphatic rings. The number of carbonyl (C=O) groups is 1. The first-order valence-electron chi connectivity index (χ1n) is 14.2. The molecule has 0 bridgehead atoms. The van der Waals surface area contributed by atoms with Crippen molar-refractivity contribution in [1.82, 2.24) is 20.4 Å². The smallest absolute Gasteiger partial charge is 0.227 e. The van der Waals surface area contributed by atoms with Crippen molar-refractivity contribution < 1.29 is 14.1 Å². The number of hydrogen-bond donors (Lipinski definition) is 1. The van der Waals surface area contributed by atoms with Crippen LogP contribution in [0.5, 0.6) is 0 Å². The quantitative estimate of drug-likeness (QED) is 0.399. The summed E-state index contributed by atoms with van der Waals surface area (Å²) in [7, 11) is 0. The number of benzene rings is 2. The number of hydrogen-bond acceptors (Lipinski definition) is 8. The maximum absolute atomic E-state index is 12.0. The zero-order chi connectivity index (χ0) is 27.3. The zero-order valence-electron chi connectivity index (χ0n) is 23.0. The Balaban J connectivity index is 1.32. The summed E-state index contributed by atoms with van der Waals surface area (Å²) in [5.41, 5.74) is 4.96. The molecule has 1 amide bonds. The fourth-order valence-electron chi connectivity index (χ4n) is 6.60. The third-order valence-corrected chi connectivity index (χ3v) is 8.81. The highest BCUT2D eigenvalue weighted by Crippen LogP contribution is 2.39. The van der Waals surface area contributed by atoms with E-state index in [4.69, 9.17) is 19.2 Å². The number of piperidine rings is 1. The van der Waals surface area contributed by atoms with Crippen molar-refractivity contribution in [2.75, 3.05) is 42.6 Å². The molecule has 1 N–H and O–H groups in total. The predicted molar refractivity (Wildman–Crippen MR) is 153 cm³/mol. The van der Waals surface area contributed by atoms with Crippen LogP contribution in [-0.2, 0) is 9.53 Å². The van der Waals surface area contributed by atoms with Crippen LogP contribution in [0.15, 0.2) is 53.1 Å². The Bertz CT molecular complexity index is 1540. The lowest BCUT2D eigenvalue weighted by Crippen LogP contribution is -2.51. The molecule has 0 saturated carbocycles. The van der Waals surface area contributed by atoms with Gasteiger partial charge in [0.15, 0.2) is 0 Å². The molecular weight excluding hydrogens is 504 g/mol. The minimum Gasteiger partial charge on any atom is -0.377 e. The summed E-state index contributed by atoms with van der Waals surface area (Å²) in [5, 5.41) is 8.43. The number of nitrogens with zero attached hydrogens (tertiary/aromatic N) is 5. The summed E-state index contributed by atoms with van der Waals surface area (Å²) in [6.07, 6.45) is 3.36. The molecule has 3 aliphatic heterocycles. The van der Waals surface area contributed by atoms with Crippen molar-refractivity contribution >= 4 is 28.6 Å². The molecule has 3 saturated heterocycles. The maximum Gasteiger partial charge on any atom is 0.227 e. The van der Waals surface area contributed by atoms with Gasteiger partial charge in [0.25, 0.3) is 0 Å². The van der Waals surface area contributed by atoms with Gasteiger partial charge in [-0.15, -0.1) is 0 Å². The molecule has 5 heterocycles. The van der Waals surface area contributed by atoms with Crippen LogP contribution in [0.3, 0.4) is 0 Å². The molecule has 206 valence electrons. The molecule has 9 heteroatoms. The fraction of sp³-hybridized carbons (Fsp3) is 0.419. The molecule has 3 fully saturated rings. The van der Waals surface area contributed by atoms with Crippen LogP contribution in [0.2, 0.25) is 0 Å². The third-order valence-electron chi connectivity index (χ3n) is 8.81. The van der Waals surface area contributed by atoms with Gasteiger partial charge >= 0.3 is 0 Å². The number of aromatic nitrogens is 3. The highest BCUT2D eigenvalue weighted by Gasteiger charge is 2.41. The van der Waals surface area contributed by atoms with Crippen molar-refractivity contribution in [3.8, 4) is 11.1 Å². The van der Waals surface area contributed by atoms with Crippen molar-refractivity contribution in [3.63, 3.8) is 0 Å². The first-order valence-corrected chi connectivity index (χ1v) is 14.2. The molecule has 0 radical (unpaired) electrons. The number of anilines is 2. The zero-order valence-corrected chi connectivity index (χ0v) is 23.0. The Morgan fingerprint density at radius 3 is 2.55 bits per heavy atom. The number of ether oxygens (including phenoxy) is 1. The van der Waals surface area contributed by atoms with Gasteiger partial charge in [-0.25, -0.2) is 4.98 Å². The van der Waals surface area contributed by atoms with Crippen molar-refractivity contribution in [2.45, 2.75) is 51.1 Å². The lowest BCUT2D eigenvalue weighted by molar-refractivity contribution is -0.119. The lowest BCUT2D eigenvalue weighted by atomic mass is 9.86. The Morgan fingerprint density at radius 2 is 1.82 bits per heavy atom. The Hall–Kier alpha value is -3.98. The van der Waals surface area contributed by atoms with E-state index >= 15 is 0 Å². The molecule has 2 aromatic heterocycles. The van der Waals surface area contributed by atoms with Gasteiger partial charge in [-0.1, -0.05) is 41.6 Å². The van der Waals surface area contributed by atoms with Gasteiger partial charge in [0, 0.05) is 42.5 Å². The third kappa shape index (κ3) is 4.38. The van der Waals surface area contributed by atoms with Crippen LogP contribution >= 0.6 is 0 Å². The minimum absolute atomic E-state index is 0.0435. The highest BCUT2D eigenvalue weighted by molar-refractivity contribution is 5.94. The Kier molecular flexibility index (Phi) is 6.19. The average Bonchev–Trinajstić information content (AvgIpc) is 3.53. The monoisotopic (exact) mass is 538 g/mol. The molecule has 4 aromatic rings. The molecule has 7 rings (SSSR count). The SMILES string of the molecule is Cc1noc(C)c1-c1ccc2nc(N3CCC4(CCC(=O)N4)CC3)nc(N3CCOCC3c3ccccc3)c2c1. The van der Waals surface area contributed by atoms with Gasteiger partial charge in [0.2, 0.25) is 11.9 Å². The standard InChI is InChI=1S/C31H34N6O3/c1-20-28(21(2)40-35-20)23-8-9-25-24(18-23)29(37-16-17-39-19-26(37)22-6-4-3-5-7-22)33-30(32-25)36-14-12-31(13-15-36)11-10-27(38)34-31/h3-9,18,26H,10-17,19H2,1-2H3,(H,34,38). The molecule has 1 spiro atoms. The van der Waals surface area contributed by atoms with E-state index in [2.05, 4.69) is 62.7 Å². The second kappa shape index (κ2) is 9.89. The Labute approximate surface area is 233 Å². The summed E-state index contributed by atoms with van der Waals surface area (Å²) in [6.45, 7) is 7.51. The van der Waals surface area contributed by atoms with Crippen LogP contribution < -0.4 is 15.1 Å². The van der Waals surface area contributed by atoms with Gasteiger partial charge in [0.1, 0.15) is 11.6 Å². The van der Waals surface area contributed by atoms with E-state index in [1.54, 1.807) is 0 Å². The van der Waals surface area contributed by atoms with Crippen molar-refractivity contribution in [1.29, 1.82) is 0 Å². The van der Waals surface area contributed by atoms with Crippen LogP contribution in [0.4, 0.5) is 11.8 Å². The van der Waals surface area contributed by atoms with Crippen molar-refractivity contribution in [3.05, 3.63) is 65.5 Å². The normalized spacial score (nSPS) is 20.9. The second-order valence-corrected chi connectivity index (χ2v) is 11.3. The number of morpholine rings is 1. The highest BCUT2D eigenvalue weighted by atomic mass is 16.5. The largest absolute Gasteiger partial charge is 0.377 e. The van der Waals surface area contributed by atoms with E-state index in [1.165, 1.54) is 5.56 Å². The first-order chi connectivity index (χ1) is 19.5. The topological polar surface area (TPSA) is 96.6 Å². The van der Waals surface area contributed by atoms with Gasteiger partial charge < -0.3 is 24.4 Å². The molecule has 2 aromatic carbocycles. The van der Waals surface area contributed by atoms with Gasteiger partial charge in [-0.2, -0.15) is 4.98 Å². The summed E-state index contributed by atoms with van der Waals surface area (Å²) < 4.78 is 11.5. The van der Waals surface area contributed by atoms with E-state index in [1.807, 2.05) is 19.9 Å². The number of nitrogens with one attached hydrogen (secondary N) is 1. The van der Waals surface area contributed by atoms with Crippen LogP contribution in [0, 0.1) is 13.8 Å². The summed E-state index contributed by atoms with van der Waals surface area (Å²) >= 11 is 0. The number of fused-ring (bicyclic) bond motifs is 1. The fourth-order valence-corrected chi connectivity index (χ4v) is 6.60. The number of aryl methyl sites for hydroxylation is 2. The molecule has 1 atom stereocenters. The number of amides is 1. The van der Waals surface area contributed by atoms with Crippen molar-refractivity contribution in [2.24, 2.45) is 0 Å². The molecule has 40 heavy (non-hydrogen) atoms. The van der Waals surface area contributed by atoms with E-state index in [0.29, 0.717) is 19.6 Å². The molecule has 0 aliphatic carbocycles. The number of rotatable bonds is 4. The summed E-state index contributed by atoms with van der Waals surface area (Å²) in [4.78, 5) is 27.0. The molecule has 1 unspecified atom stereocenters. The van der Waals surface area contributed by atoms with Gasteiger partial charge in [0.05, 0.1) is 30.5 Å².